The highest BCUT2D eigenvalue weighted by Crippen LogP contribution is 2.23. The Morgan fingerprint density at radius 3 is 3.00 bits per heavy atom. The van der Waals surface area contributed by atoms with Crippen LogP contribution >= 0.6 is 0 Å². The zero-order chi connectivity index (χ0) is 13.2. The van der Waals surface area contributed by atoms with Crippen molar-refractivity contribution in [3.63, 3.8) is 0 Å². The van der Waals surface area contributed by atoms with Gasteiger partial charge in [-0.2, -0.15) is 0 Å². The van der Waals surface area contributed by atoms with Crippen LogP contribution < -0.4 is 4.90 Å². The van der Waals surface area contributed by atoms with Gasteiger partial charge in [-0.3, -0.25) is 0 Å². The zero-order valence-corrected chi connectivity index (χ0v) is 10.5. The van der Waals surface area contributed by atoms with E-state index in [2.05, 4.69) is 9.97 Å². The number of hydrogen-bond donors (Lipinski definition) is 1. The van der Waals surface area contributed by atoms with Gasteiger partial charge in [0.15, 0.2) is 0 Å². The van der Waals surface area contributed by atoms with Crippen molar-refractivity contribution in [2.24, 2.45) is 0 Å². The molecule has 0 saturated carbocycles. The van der Waals surface area contributed by atoms with Crippen molar-refractivity contribution in [2.75, 3.05) is 11.4 Å². The maximum atomic E-state index is 11.3. The van der Waals surface area contributed by atoms with Crippen molar-refractivity contribution in [3.05, 3.63) is 30.5 Å². The Kier molecular flexibility index (Phi) is 3.03. The summed E-state index contributed by atoms with van der Waals surface area (Å²) < 4.78 is 0. The van der Waals surface area contributed by atoms with Crippen LogP contribution in [0.3, 0.4) is 0 Å². The van der Waals surface area contributed by atoms with Crippen LogP contribution in [-0.4, -0.2) is 33.6 Å². The molecule has 1 unspecified atom stereocenters. The summed E-state index contributed by atoms with van der Waals surface area (Å²) >= 11 is 0. The van der Waals surface area contributed by atoms with E-state index in [0.717, 1.165) is 23.7 Å². The zero-order valence-electron chi connectivity index (χ0n) is 10.5. The van der Waals surface area contributed by atoms with Gasteiger partial charge in [0.2, 0.25) is 5.95 Å². The van der Waals surface area contributed by atoms with E-state index in [4.69, 9.17) is 0 Å². The molecule has 1 N–H and O–H groups in total. The normalized spacial score (nSPS) is 19.6. The SMILES string of the molecule is O=C(O)C1CCCCN1c1ncc2ccccc2n1. The van der Waals surface area contributed by atoms with Crippen molar-refractivity contribution < 1.29 is 9.90 Å². The van der Waals surface area contributed by atoms with Crippen LogP contribution in [0, 0.1) is 0 Å². The third-order valence-electron chi connectivity index (χ3n) is 3.52. The molecule has 0 aliphatic carbocycles. The van der Waals surface area contributed by atoms with Crippen molar-refractivity contribution in [3.8, 4) is 0 Å². The van der Waals surface area contributed by atoms with Crippen molar-refractivity contribution in [1.82, 2.24) is 9.97 Å². The van der Waals surface area contributed by atoms with Gasteiger partial charge in [0.05, 0.1) is 5.52 Å². The van der Waals surface area contributed by atoms with Crippen LogP contribution in [0.1, 0.15) is 19.3 Å². The molecule has 3 rings (SSSR count). The molecule has 1 saturated heterocycles. The number of aromatic nitrogens is 2. The molecule has 0 radical (unpaired) electrons. The Hall–Kier alpha value is -2.17. The lowest BCUT2D eigenvalue weighted by molar-refractivity contribution is -0.139. The van der Waals surface area contributed by atoms with Crippen LogP contribution in [-0.2, 0) is 4.79 Å². The summed E-state index contributed by atoms with van der Waals surface area (Å²) in [6.07, 6.45) is 4.34. The molecule has 0 bridgehead atoms. The predicted octanol–water partition coefficient (Wildman–Crippen LogP) is 2.07. The number of carboxylic acid groups (broad SMARTS) is 1. The van der Waals surface area contributed by atoms with Crippen LogP contribution in [0.15, 0.2) is 30.5 Å². The third-order valence-corrected chi connectivity index (χ3v) is 3.52. The molecule has 1 fully saturated rings. The molecule has 5 heteroatoms. The summed E-state index contributed by atoms with van der Waals surface area (Å²) in [5.41, 5.74) is 0.849. The molecule has 1 atom stereocenters. The second-order valence-corrected chi connectivity index (χ2v) is 4.77. The molecule has 1 aliphatic heterocycles. The van der Waals surface area contributed by atoms with Gasteiger partial charge in [0, 0.05) is 18.1 Å². The Morgan fingerprint density at radius 2 is 2.16 bits per heavy atom. The van der Waals surface area contributed by atoms with E-state index in [0.29, 0.717) is 18.9 Å². The molecule has 0 amide bonds. The number of rotatable bonds is 2. The van der Waals surface area contributed by atoms with Crippen LogP contribution in [0.4, 0.5) is 5.95 Å². The highest BCUT2D eigenvalue weighted by atomic mass is 16.4. The van der Waals surface area contributed by atoms with Gasteiger partial charge in [-0.05, 0) is 25.3 Å². The summed E-state index contributed by atoms with van der Waals surface area (Å²) in [6, 6.07) is 7.22. The monoisotopic (exact) mass is 257 g/mol. The molecule has 0 spiro atoms. The van der Waals surface area contributed by atoms with E-state index in [9.17, 15) is 9.90 Å². The molecule has 1 aromatic heterocycles. The fourth-order valence-corrected chi connectivity index (χ4v) is 2.53. The molecule has 2 aromatic rings. The van der Waals surface area contributed by atoms with E-state index >= 15 is 0 Å². The summed E-state index contributed by atoms with van der Waals surface area (Å²) in [5.74, 6) is -0.276. The van der Waals surface area contributed by atoms with E-state index < -0.39 is 12.0 Å². The Morgan fingerprint density at radius 1 is 1.32 bits per heavy atom. The summed E-state index contributed by atoms with van der Waals surface area (Å²) in [7, 11) is 0. The van der Waals surface area contributed by atoms with Crippen LogP contribution in [0.5, 0.6) is 0 Å². The average molecular weight is 257 g/mol. The van der Waals surface area contributed by atoms with Crippen LogP contribution in [0.25, 0.3) is 10.9 Å². The van der Waals surface area contributed by atoms with Gasteiger partial charge in [-0.15, -0.1) is 0 Å². The number of carbonyl (C=O) groups is 1. The lowest BCUT2D eigenvalue weighted by Gasteiger charge is -2.32. The summed E-state index contributed by atoms with van der Waals surface area (Å²) in [6.45, 7) is 0.704. The molecule has 2 heterocycles. The minimum Gasteiger partial charge on any atom is -0.480 e. The fraction of sp³-hybridized carbons (Fsp3) is 0.357. The number of benzene rings is 1. The van der Waals surface area contributed by atoms with Crippen molar-refractivity contribution in [2.45, 2.75) is 25.3 Å². The summed E-state index contributed by atoms with van der Waals surface area (Å²) in [5, 5.41) is 10.3. The molecule has 1 aromatic carbocycles. The number of nitrogens with zero attached hydrogens (tertiary/aromatic N) is 3. The molecule has 98 valence electrons. The Labute approximate surface area is 110 Å². The number of carboxylic acids is 1. The van der Waals surface area contributed by atoms with Gasteiger partial charge >= 0.3 is 5.97 Å². The highest BCUT2D eigenvalue weighted by molar-refractivity contribution is 5.80. The first-order valence-corrected chi connectivity index (χ1v) is 6.47. The van der Waals surface area contributed by atoms with Gasteiger partial charge in [0.25, 0.3) is 0 Å². The summed E-state index contributed by atoms with van der Waals surface area (Å²) in [4.78, 5) is 21.9. The maximum absolute atomic E-state index is 11.3. The van der Waals surface area contributed by atoms with E-state index in [1.54, 1.807) is 11.1 Å². The fourth-order valence-electron chi connectivity index (χ4n) is 2.53. The van der Waals surface area contributed by atoms with Crippen molar-refractivity contribution >= 4 is 22.8 Å². The first-order chi connectivity index (χ1) is 9.25. The topological polar surface area (TPSA) is 66.3 Å². The highest BCUT2D eigenvalue weighted by Gasteiger charge is 2.30. The first kappa shape index (κ1) is 11.9. The van der Waals surface area contributed by atoms with E-state index in [-0.39, 0.29) is 0 Å². The average Bonchev–Trinajstić information content (AvgIpc) is 2.46. The third kappa shape index (κ3) is 2.23. The first-order valence-electron chi connectivity index (χ1n) is 6.47. The number of piperidine rings is 1. The van der Waals surface area contributed by atoms with Crippen LogP contribution in [0.2, 0.25) is 0 Å². The molecular formula is C14H15N3O2. The number of aliphatic carboxylic acids is 1. The van der Waals surface area contributed by atoms with Gasteiger partial charge in [-0.1, -0.05) is 18.2 Å². The lowest BCUT2D eigenvalue weighted by atomic mass is 10.0. The Balaban J connectivity index is 1.99. The molecular weight excluding hydrogens is 242 g/mol. The predicted molar refractivity (Wildman–Crippen MR) is 72.2 cm³/mol. The molecule has 1 aliphatic rings. The second kappa shape index (κ2) is 4.84. The number of fused-ring (bicyclic) bond motifs is 1. The minimum atomic E-state index is -0.795. The number of para-hydroxylation sites is 1. The number of anilines is 1. The number of hydrogen-bond acceptors (Lipinski definition) is 4. The smallest absolute Gasteiger partial charge is 0.326 e. The quantitative estimate of drug-likeness (QED) is 0.892. The Bertz CT molecular complexity index is 614. The second-order valence-electron chi connectivity index (χ2n) is 4.77. The van der Waals surface area contributed by atoms with Gasteiger partial charge < -0.3 is 10.0 Å². The standard InChI is InChI=1S/C14H15N3O2/c18-13(19)12-7-3-4-8-17(12)14-15-9-10-5-1-2-6-11(10)16-14/h1-2,5-6,9,12H,3-4,7-8H2,(H,18,19). The molecule has 5 nitrogen and oxygen atoms in total. The van der Waals surface area contributed by atoms with Gasteiger partial charge in [0.1, 0.15) is 6.04 Å². The largest absolute Gasteiger partial charge is 0.480 e. The van der Waals surface area contributed by atoms with Gasteiger partial charge in [-0.25, -0.2) is 14.8 Å². The van der Waals surface area contributed by atoms with E-state index in [1.165, 1.54) is 0 Å². The molecule has 19 heavy (non-hydrogen) atoms. The van der Waals surface area contributed by atoms with E-state index in [1.807, 2.05) is 24.3 Å². The van der Waals surface area contributed by atoms with Crippen molar-refractivity contribution in [1.29, 1.82) is 0 Å². The maximum Gasteiger partial charge on any atom is 0.326 e. The minimum absolute atomic E-state index is 0.505. The lowest BCUT2D eigenvalue weighted by Crippen LogP contribution is -2.45.